The predicted molar refractivity (Wildman–Crippen MR) is 89.1 cm³/mol. The van der Waals surface area contributed by atoms with E-state index in [0.29, 0.717) is 0 Å². The molecule has 20 heavy (non-hydrogen) atoms. The van der Waals surface area contributed by atoms with Crippen molar-refractivity contribution in [3.8, 4) is 0 Å². The second-order valence-electron chi connectivity index (χ2n) is 5.92. The molecule has 0 aromatic heterocycles. The molecule has 1 nitrogen and oxygen atoms in total. The highest BCUT2D eigenvalue weighted by Gasteiger charge is 1.92. The van der Waals surface area contributed by atoms with Crippen LogP contribution in [0, 0.1) is 0 Å². The van der Waals surface area contributed by atoms with Crippen molar-refractivity contribution in [1.82, 2.24) is 0 Å². The standard InChI is InChI=1S/C19H34O/c1-2-4-6-8-10-12-14-16-18-20-19-17-15-13-11-9-7-5-3-1/h2,4,15,17H,1,3,5-14,16,18-19H2/b4-2-,17-15-. The Morgan fingerprint density at radius 2 is 0.900 bits per heavy atom. The van der Waals surface area contributed by atoms with E-state index in [1.165, 1.54) is 83.5 Å². The minimum Gasteiger partial charge on any atom is -0.377 e. The monoisotopic (exact) mass is 278 g/mol. The van der Waals surface area contributed by atoms with Gasteiger partial charge < -0.3 is 4.74 Å². The summed E-state index contributed by atoms with van der Waals surface area (Å²) in [6, 6.07) is 0. The summed E-state index contributed by atoms with van der Waals surface area (Å²) in [5.41, 5.74) is 0. The van der Waals surface area contributed by atoms with Crippen LogP contribution in [0.5, 0.6) is 0 Å². The third kappa shape index (κ3) is 12.5. The van der Waals surface area contributed by atoms with Gasteiger partial charge in [-0.15, -0.1) is 0 Å². The van der Waals surface area contributed by atoms with Crippen LogP contribution < -0.4 is 0 Å². The number of allylic oxidation sites excluding steroid dienone is 3. The van der Waals surface area contributed by atoms with Crippen LogP contribution in [0.25, 0.3) is 0 Å². The van der Waals surface area contributed by atoms with Crippen molar-refractivity contribution < 1.29 is 4.74 Å². The number of ether oxygens (including phenoxy) is 1. The fourth-order valence-corrected chi connectivity index (χ4v) is 2.62. The van der Waals surface area contributed by atoms with Crippen LogP contribution in [0.4, 0.5) is 0 Å². The molecule has 0 spiro atoms. The molecule has 0 saturated heterocycles. The zero-order valence-electron chi connectivity index (χ0n) is 13.3. The molecule has 1 heteroatoms. The molecule has 0 atom stereocenters. The second-order valence-corrected chi connectivity index (χ2v) is 5.92. The highest BCUT2D eigenvalue weighted by molar-refractivity contribution is 4.82. The highest BCUT2D eigenvalue weighted by atomic mass is 16.5. The van der Waals surface area contributed by atoms with E-state index in [9.17, 15) is 0 Å². The fourth-order valence-electron chi connectivity index (χ4n) is 2.62. The van der Waals surface area contributed by atoms with Crippen molar-refractivity contribution in [2.75, 3.05) is 13.2 Å². The van der Waals surface area contributed by atoms with Gasteiger partial charge >= 0.3 is 0 Å². The molecule has 0 amide bonds. The molecule has 0 N–H and O–H groups in total. The molecule has 0 radical (unpaired) electrons. The molecule has 0 bridgehead atoms. The second kappa shape index (κ2) is 14.8. The molecule has 0 aromatic rings. The SMILES string of the molecule is C1=C\CCCCCCCOC/C=C\CCCCCCC/1. The van der Waals surface area contributed by atoms with Crippen molar-refractivity contribution in [3.05, 3.63) is 24.3 Å². The summed E-state index contributed by atoms with van der Waals surface area (Å²) in [7, 11) is 0. The van der Waals surface area contributed by atoms with Crippen molar-refractivity contribution in [2.24, 2.45) is 0 Å². The molecular weight excluding hydrogens is 244 g/mol. The van der Waals surface area contributed by atoms with Crippen LogP contribution in [0.3, 0.4) is 0 Å². The van der Waals surface area contributed by atoms with Gasteiger partial charge in [-0.2, -0.15) is 0 Å². The quantitative estimate of drug-likeness (QED) is 0.479. The normalized spacial score (nSPS) is 25.6. The van der Waals surface area contributed by atoms with Gasteiger partial charge in [0, 0.05) is 6.61 Å². The van der Waals surface area contributed by atoms with Crippen LogP contribution in [-0.2, 0) is 4.74 Å². The molecule has 1 rings (SSSR count). The Morgan fingerprint density at radius 3 is 1.50 bits per heavy atom. The summed E-state index contributed by atoms with van der Waals surface area (Å²) in [4.78, 5) is 0. The van der Waals surface area contributed by atoms with Gasteiger partial charge in [0.05, 0.1) is 6.61 Å². The largest absolute Gasteiger partial charge is 0.377 e. The van der Waals surface area contributed by atoms with E-state index < -0.39 is 0 Å². The maximum atomic E-state index is 5.62. The zero-order chi connectivity index (χ0) is 14.1. The van der Waals surface area contributed by atoms with Gasteiger partial charge in [0.15, 0.2) is 0 Å². The molecule has 0 unspecified atom stereocenters. The Bertz CT molecular complexity index is 218. The summed E-state index contributed by atoms with van der Waals surface area (Å²) in [6.07, 6.45) is 26.6. The van der Waals surface area contributed by atoms with Gasteiger partial charge in [-0.3, -0.25) is 0 Å². The lowest BCUT2D eigenvalue weighted by atomic mass is 10.1. The molecule has 0 aromatic carbocycles. The summed E-state index contributed by atoms with van der Waals surface area (Å²) in [5, 5.41) is 0. The molecule has 0 fully saturated rings. The van der Waals surface area contributed by atoms with Crippen molar-refractivity contribution in [1.29, 1.82) is 0 Å². The summed E-state index contributed by atoms with van der Waals surface area (Å²) in [5.74, 6) is 0. The van der Waals surface area contributed by atoms with Crippen LogP contribution in [0.1, 0.15) is 83.5 Å². The van der Waals surface area contributed by atoms with Crippen molar-refractivity contribution in [3.63, 3.8) is 0 Å². The smallest absolute Gasteiger partial charge is 0.0647 e. The molecule has 0 saturated carbocycles. The van der Waals surface area contributed by atoms with E-state index in [2.05, 4.69) is 24.3 Å². The number of hydrogen-bond donors (Lipinski definition) is 0. The Kier molecular flexibility index (Phi) is 13.0. The number of rotatable bonds is 0. The summed E-state index contributed by atoms with van der Waals surface area (Å²) in [6.45, 7) is 1.75. The molecular formula is C19H34O. The van der Waals surface area contributed by atoms with Gasteiger partial charge in [-0.1, -0.05) is 62.8 Å². The Balaban J connectivity index is 2.11. The molecule has 1 heterocycles. The molecule has 116 valence electrons. The minimum atomic E-state index is 0.810. The van der Waals surface area contributed by atoms with E-state index in [1.54, 1.807) is 0 Å². The lowest BCUT2D eigenvalue weighted by Gasteiger charge is -2.02. The highest BCUT2D eigenvalue weighted by Crippen LogP contribution is 2.10. The lowest BCUT2D eigenvalue weighted by Crippen LogP contribution is -1.94. The first kappa shape index (κ1) is 17.5. The minimum absolute atomic E-state index is 0.810. The Morgan fingerprint density at radius 1 is 0.450 bits per heavy atom. The van der Waals surface area contributed by atoms with Crippen LogP contribution in [0.15, 0.2) is 24.3 Å². The first-order chi connectivity index (χ1) is 10.0. The third-order valence-electron chi connectivity index (χ3n) is 3.95. The van der Waals surface area contributed by atoms with Gasteiger partial charge in [0.25, 0.3) is 0 Å². The van der Waals surface area contributed by atoms with Crippen molar-refractivity contribution >= 4 is 0 Å². The summed E-state index contributed by atoms with van der Waals surface area (Å²) >= 11 is 0. The van der Waals surface area contributed by atoms with E-state index >= 15 is 0 Å². The average molecular weight is 278 g/mol. The maximum Gasteiger partial charge on any atom is 0.0647 e. The van der Waals surface area contributed by atoms with E-state index in [-0.39, 0.29) is 0 Å². The molecule has 1 aliphatic rings. The zero-order valence-corrected chi connectivity index (χ0v) is 13.3. The Labute approximate surface area is 126 Å². The predicted octanol–water partition coefficient (Wildman–Crippen LogP) is 6.20. The maximum absolute atomic E-state index is 5.62. The van der Waals surface area contributed by atoms with Gasteiger partial charge in [0.2, 0.25) is 0 Å². The topological polar surface area (TPSA) is 9.23 Å². The van der Waals surface area contributed by atoms with Gasteiger partial charge in [-0.25, -0.2) is 0 Å². The van der Waals surface area contributed by atoms with Crippen molar-refractivity contribution in [2.45, 2.75) is 83.5 Å². The van der Waals surface area contributed by atoms with Gasteiger partial charge in [0.1, 0.15) is 0 Å². The third-order valence-corrected chi connectivity index (χ3v) is 3.95. The lowest BCUT2D eigenvalue weighted by molar-refractivity contribution is 0.157. The first-order valence-corrected chi connectivity index (χ1v) is 8.88. The van der Waals surface area contributed by atoms with E-state index in [1.807, 2.05) is 0 Å². The molecule has 0 aliphatic carbocycles. The van der Waals surface area contributed by atoms with E-state index in [0.717, 1.165) is 13.2 Å². The Hall–Kier alpha value is -0.560. The number of hydrogen-bond acceptors (Lipinski definition) is 1. The van der Waals surface area contributed by atoms with Crippen LogP contribution in [-0.4, -0.2) is 13.2 Å². The average Bonchev–Trinajstić information content (AvgIpc) is 2.46. The fraction of sp³-hybridized carbons (Fsp3) is 0.789. The molecule has 1 aliphatic heterocycles. The van der Waals surface area contributed by atoms with Gasteiger partial charge in [-0.05, 0) is 44.9 Å². The van der Waals surface area contributed by atoms with E-state index in [4.69, 9.17) is 4.74 Å². The van der Waals surface area contributed by atoms with Crippen LogP contribution >= 0.6 is 0 Å². The first-order valence-electron chi connectivity index (χ1n) is 8.88. The summed E-state index contributed by atoms with van der Waals surface area (Å²) < 4.78 is 5.62. The van der Waals surface area contributed by atoms with Crippen LogP contribution in [0.2, 0.25) is 0 Å².